The Kier molecular flexibility index (Phi) is 8.66. The molecule has 0 saturated heterocycles. The normalized spacial score (nSPS) is 14.3. The first-order valence-electron chi connectivity index (χ1n) is 17.2. The summed E-state index contributed by atoms with van der Waals surface area (Å²) >= 11 is 0. The lowest BCUT2D eigenvalue weighted by Crippen LogP contribution is -2.15. The fourth-order valence-corrected chi connectivity index (χ4v) is 6.64. The Labute approximate surface area is 283 Å². The maximum absolute atomic E-state index is 11.9. The minimum absolute atomic E-state index is 0.0719. The van der Waals surface area contributed by atoms with Crippen LogP contribution in [0.4, 0.5) is 0 Å². The molecule has 3 nitrogen and oxygen atoms in total. The van der Waals surface area contributed by atoms with Crippen molar-refractivity contribution in [2.75, 3.05) is 0 Å². The average molecular weight is 633 g/mol. The number of fused-ring (bicyclic) bond motifs is 8. The molecule has 4 aromatic rings. The lowest BCUT2D eigenvalue weighted by molar-refractivity contribution is 0.452. The molecule has 250 valence electrons. The minimum Gasteiger partial charge on any atom is -0.507 e. The quantitative estimate of drug-likeness (QED) is 0.159. The van der Waals surface area contributed by atoms with Crippen molar-refractivity contribution in [1.29, 1.82) is 0 Å². The van der Waals surface area contributed by atoms with Gasteiger partial charge in [-0.2, -0.15) is 0 Å². The van der Waals surface area contributed by atoms with Gasteiger partial charge >= 0.3 is 0 Å². The van der Waals surface area contributed by atoms with Crippen LogP contribution in [0.1, 0.15) is 150 Å². The molecule has 0 atom stereocenters. The van der Waals surface area contributed by atoms with E-state index in [1.807, 2.05) is 0 Å². The molecule has 0 amide bonds. The summed E-state index contributed by atoms with van der Waals surface area (Å²) in [5.74, 6) is 0.828. The van der Waals surface area contributed by atoms with Crippen LogP contribution in [0, 0.1) is 0 Å². The highest BCUT2D eigenvalue weighted by Crippen LogP contribution is 2.41. The van der Waals surface area contributed by atoms with E-state index in [-0.39, 0.29) is 27.4 Å². The fourth-order valence-electron chi connectivity index (χ4n) is 6.64. The molecule has 0 unspecified atom stereocenters. The highest BCUT2D eigenvalue weighted by molar-refractivity contribution is 5.57. The van der Waals surface area contributed by atoms with Crippen molar-refractivity contribution in [3.8, 4) is 17.2 Å². The van der Waals surface area contributed by atoms with Crippen LogP contribution < -0.4 is 0 Å². The molecule has 47 heavy (non-hydrogen) atoms. The van der Waals surface area contributed by atoms with E-state index in [1.165, 1.54) is 5.56 Å². The predicted octanol–water partition coefficient (Wildman–Crippen LogP) is 10.7. The Balaban J connectivity index is 1.86. The summed E-state index contributed by atoms with van der Waals surface area (Å²) < 4.78 is 0. The highest BCUT2D eigenvalue weighted by Gasteiger charge is 2.26. The zero-order valence-electron chi connectivity index (χ0n) is 30.9. The van der Waals surface area contributed by atoms with Gasteiger partial charge in [-0.05, 0) is 88.4 Å². The van der Waals surface area contributed by atoms with Gasteiger partial charge in [0.1, 0.15) is 17.2 Å². The van der Waals surface area contributed by atoms with Crippen LogP contribution in [-0.4, -0.2) is 15.3 Å². The predicted molar refractivity (Wildman–Crippen MR) is 197 cm³/mol. The summed E-state index contributed by atoms with van der Waals surface area (Å²) in [5, 5.41) is 35.7. The van der Waals surface area contributed by atoms with E-state index in [4.69, 9.17) is 0 Å². The lowest BCUT2D eigenvalue weighted by Gasteiger charge is -2.26. The number of rotatable bonds is 0. The van der Waals surface area contributed by atoms with Gasteiger partial charge in [0.2, 0.25) is 0 Å². The number of hydrogen-bond acceptors (Lipinski definition) is 3. The highest BCUT2D eigenvalue weighted by atomic mass is 16.3. The first-order valence-corrected chi connectivity index (χ1v) is 17.2. The Morgan fingerprint density at radius 1 is 0.319 bits per heavy atom. The van der Waals surface area contributed by atoms with E-state index in [0.717, 1.165) is 61.2 Å². The molecule has 0 fully saturated rings. The van der Waals surface area contributed by atoms with Crippen LogP contribution >= 0.6 is 0 Å². The van der Waals surface area contributed by atoms with Crippen LogP contribution in [0.25, 0.3) is 0 Å². The maximum atomic E-state index is 11.9. The summed E-state index contributed by atoms with van der Waals surface area (Å²) in [6.07, 6.45) is 1.96. The Hall–Kier alpha value is -3.72. The van der Waals surface area contributed by atoms with Gasteiger partial charge < -0.3 is 15.3 Å². The van der Waals surface area contributed by atoms with Gasteiger partial charge in [0.25, 0.3) is 0 Å². The molecule has 3 N–H and O–H groups in total. The zero-order chi connectivity index (χ0) is 34.9. The van der Waals surface area contributed by atoms with Gasteiger partial charge in [-0.25, -0.2) is 0 Å². The van der Waals surface area contributed by atoms with Crippen molar-refractivity contribution < 1.29 is 15.3 Å². The second-order valence-corrected chi connectivity index (χ2v) is 18.2. The van der Waals surface area contributed by atoms with Crippen molar-refractivity contribution >= 4 is 0 Å². The second-order valence-electron chi connectivity index (χ2n) is 18.2. The SMILES string of the molecule is CC(C)(C)c1cc2cc(c1)Cc1cc(C(C)(C)C)cc(c1O)Cc1cc(C(C)(C)C)cc(c1O)Cc1cc(C(C)(C)C)cc(c1O)C2. The van der Waals surface area contributed by atoms with Gasteiger partial charge in [-0.15, -0.1) is 0 Å². The van der Waals surface area contributed by atoms with Crippen LogP contribution in [0.5, 0.6) is 17.2 Å². The van der Waals surface area contributed by atoms with E-state index in [2.05, 4.69) is 138 Å². The molecule has 8 bridgehead atoms. The van der Waals surface area contributed by atoms with Crippen molar-refractivity contribution in [1.82, 2.24) is 0 Å². The molecule has 0 radical (unpaired) electrons. The Morgan fingerprint density at radius 2 is 0.532 bits per heavy atom. The summed E-state index contributed by atoms with van der Waals surface area (Å²) in [4.78, 5) is 0. The van der Waals surface area contributed by atoms with E-state index in [9.17, 15) is 15.3 Å². The zero-order valence-corrected chi connectivity index (χ0v) is 30.9. The van der Waals surface area contributed by atoms with Gasteiger partial charge in [0.05, 0.1) is 0 Å². The minimum atomic E-state index is -0.160. The van der Waals surface area contributed by atoms with E-state index in [1.54, 1.807) is 0 Å². The number of phenols is 3. The molecular formula is C44H56O3. The van der Waals surface area contributed by atoms with Gasteiger partial charge in [-0.3, -0.25) is 0 Å². The molecule has 5 rings (SSSR count). The topological polar surface area (TPSA) is 60.7 Å². The van der Waals surface area contributed by atoms with Crippen LogP contribution in [0.2, 0.25) is 0 Å². The summed E-state index contributed by atoms with van der Waals surface area (Å²) in [6, 6.07) is 19.5. The third kappa shape index (κ3) is 7.40. The number of benzene rings is 4. The Bertz CT molecular complexity index is 1710. The van der Waals surface area contributed by atoms with E-state index in [0.29, 0.717) is 37.2 Å². The summed E-state index contributed by atoms with van der Waals surface area (Å²) in [5.41, 5.74) is 11.5. The molecule has 1 aliphatic carbocycles. The van der Waals surface area contributed by atoms with Crippen molar-refractivity contribution in [2.24, 2.45) is 0 Å². The second kappa shape index (κ2) is 11.8. The summed E-state index contributed by atoms with van der Waals surface area (Å²) in [7, 11) is 0. The van der Waals surface area contributed by atoms with Crippen LogP contribution in [0.3, 0.4) is 0 Å². The van der Waals surface area contributed by atoms with Crippen LogP contribution in [-0.2, 0) is 47.3 Å². The molecule has 0 spiro atoms. The largest absolute Gasteiger partial charge is 0.507 e. The smallest absolute Gasteiger partial charge is 0.122 e. The molecule has 1 aliphatic rings. The molecule has 0 aliphatic heterocycles. The first kappa shape index (κ1) is 34.6. The van der Waals surface area contributed by atoms with Gasteiger partial charge in [0.15, 0.2) is 0 Å². The third-order valence-corrected chi connectivity index (χ3v) is 9.87. The molecular weight excluding hydrogens is 576 g/mol. The van der Waals surface area contributed by atoms with Gasteiger partial charge in [-0.1, -0.05) is 138 Å². The van der Waals surface area contributed by atoms with Gasteiger partial charge in [0, 0.05) is 25.7 Å². The average Bonchev–Trinajstić information content (AvgIpc) is 2.92. The number of phenolic OH excluding ortho intramolecular Hbond substituents is 3. The lowest BCUT2D eigenvalue weighted by atomic mass is 9.79. The summed E-state index contributed by atoms with van der Waals surface area (Å²) in [6.45, 7) is 26.5. The number of hydrogen-bond donors (Lipinski definition) is 3. The molecule has 0 saturated carbocycles. The molecule has 4 aromatic carbocycles. The standard InChI is InChI=1S/C44H56O3/c1-41(2,3)34-16-26-13-27(17-34)15-29-21-36(43(7,8)9)23-31(39(29)46)19-33-25-37(44(10,11)12)24-32(40(33)47)18-30-22-35(42(4,5)6)20-28(14-26)38(30)45/h13,16-17,20-25,45-47H,14-15,18-19H2,1-12H3. The van der Waals surface area contributed by atoms with Crippen molar-refractivity contribution in [2.45, 2.75) is 130 Å². The number of aromatic hydroxyl groups is 3. The fraction of sp³-hybridized carbons (Fsp3) is 0.455. The van der Waals surface area contributed by atoms with Crippen molar-refractivity contribution in [3.05, 3.63) is 121 Å². The third-order valence-electron chi connectivity index (χ3n) is 9.87. The first-order chi connectivity index (χ1) is 21.5. The Morgan fingerprint density at radius 3 is 0.766 bits per heavy atom. The monoisotopic (exact) mass is 632 g/mol. The molecule has 0 heterocycles. The van der Waals surface area contributed by atoms with E-state index >= 15 is 0 Å². The van der Waals surface area contributed by atoms with Crippen molar-refractivity contribution in [3.63, 3.8) is 0 Å². The maximum Gasteiger partial charge on any atom is 0.122 e. The molecule has 3 heteroatoms. The van der Waals surface area contributed by atoms with E-state index < -0.39 is 0 Å². The van der Waals surface area contributed by atoms with Crippen LogP contribution in [0.15, 0.2) is 54.6 Å². The molecule has 0 aromatic heterocycles.